The highest BCUT2D eigenvalue weighted by molar-refractivity contribution is 4.92. The molecule has 0 spiro atoms. The van der Waals surface area contributed by atoms with E-state index in [1.165, 1.54) is 65.0 Å². The Morgan fingerprint density at radius 2 is 2.11 bits per heavy atom. The molecule has 0 bridgehead atoms. The summed E-state index contributed by atoms with van der Waals surface area (Å²) in [5, 5.41) is 3.58. The maximum absolute atomic E-state index is 3.58. The van der Waals surface area contributed by atoms with Gasteiger partial charge in [-0.15, -0.1) is 0 Å². The molecule has 0 amide bonds. The van der Waals surface area contributed by atoms with Crippen molar-refractivity contribution in [3.8, 4) is 0 Å². The minimum atomic E-state index is 0.572. The van der Waals surface area contributed by atoms with Gasteiger partial charge in [0.2, 0.25) is 0 Å². The molecule has 0 radical (unpaired) electrons. The van der Waals surface area contributed by atoms with Gasteiger partial charge in [-0.1, -0.05) is 20.3 Å². The Kier molecular flexibility index (Phi) is 5.05. The van der Waals surface area contributed by atoms with Crippen molar-refractivity contribution < 1.29 is 0 Å². The van der Waals surface area contributed by atoms with Crippen LogP contribution in [0, 0.1) is 5.41 Å². The molecule has 0 aromatic heterocycles. The first-order valence-corrected chi connectivity index (χ1v) is 7.82. The topological polar surface area (TPSA) is 18.5 Å². The zero-order chi connectivity index (χ0) is 13.0. The van der Waals surface area contributed by atoms with E-state index in [9.17, 15) is 0 Å². The summed E-state index contributed by atoms with van der Waals surface area (Å²) in [6.07, 6.45) is 5.38. The third-order valence-electron chi connectivity index (χ3n) is 5.00. The predicted molar refractivity (Wildman–Crippen MR) is 78.0 cm³/mol. The molecule has 2 aliphatic rings. The van der Waals surface area contributed by atoms with E-state index in [1.54, 1.807) is 0 Å². The summed E-state index contributed by atoms with van der Waals surface area (Å²) in [5.74, 6) is 0. The number of nitrogens with one attached hydrogen (secondary N) is 1. The first kappa shape index (κ1) is 14.3. The summed E-state index contributed by atoms with van der Waals surface area (Å²) in [6.45, 7) is 12.2. The summed E-state index contributed by atoms with van der Waals surface area (Å²) in [7, 11) is 2.28. The molecule has 2 rings (SSSR count). The van der Waals surface area contributed by atoms with E-state index >= 15 is 0 Å². The molecule has 2 fully saturated rings. The van der Waals surface area contributed by atoms with Gasteiger partial charge < -0.3 is 10.2 Å². The Morgan fingerprint density at radius 1 is 1.28 bits per heavy atom. The fraction of sp³-hybridized carbons (Fsp3) is 1.00. The number of rotatable bonds is 5. The van der Waals surface area contributed by atoms with Crippen molar-refractivity contribution in [2.45, 2.75) is 45.6 Å². The fourth-order valence-corrected chi connectivity index (χ4v) is 3.82. The van der Waals surface area contributed by atoms with E-state index in [2.05, 4.69) is 36.0 Å². The molecule has 0 aromatic rings. The Labute approximate surface area is 113 Å². The summed E-state index contributed by atoms with van der Waals surface area (Å²) in [6, 6.07) is 0.770. The van der Waals surface area contributed by atoms with E-state index in [0.717, 1.165) is 6.04 Å². The van der Waals surface area contributed by atoms with Crippen LogP contribution >= 0.6 is 0 Å². The molecule has 18 heavy (non-hydrogen) atoms. The molecule has 1 N–H and O–H groups in total. The molecular formula is C15H31N3. The Balaban J connectivity index is 1.91. The predicted octanol–water partition coefficient (Wildman–Crippen LogP) is 1.79. The second-order valence-corrected chi connectivity index (χ2v) is 6.45. The van der Waals surface area contributed by atoms with E-state index in [4.69, 9.17) is 0 Å². The van der Waals surface area contributed by atoms with Crippen LogP contribution in [0.1, 0.15) is 39.5 Å². The Morgan fingerprint density at radius 3 is 2.72 bits per heavy atom. The standard InChI is InChI=1S/C15H31N3/c1-4-6-15(7-8-16-12-15)13-18-10-9-17(3)14(5-2)11-18/h14,16H,4-13H2,1-3H3. The summed E-state index contributed by atoms with van der Waals surface area (Å²) in [4.78, 5) is 5.27. The monoisotopic (exact) mass is 253 g/mol. The first-order chi connectivity index (χ1) is 8.69. The smallest absolute Gasteiger partial charge is 0.0218 e. The maximum atomic E-state index is 3.58. The molecule has 2 unspecified atom stereocenters. The van der Waals surface area contributed by atoms with Crippen molar-refractivity contribution in [1.82, 2.24) is 15.1 Å². The highest BCUT2D eigenvalue weighted by atomic mass is 15.3. The van der Waals surface area contributed by atoms with Crippen molar-refractivity contribution in [2.24, 2.45) is 5.41 Å². The van der Waals surface area contributed by atoms with Gasteiger partial charge >= 0.3 is 0 Å². The quantitative estimate of drug-likeness (QED) is 0.806. The van der Waals surface area contributed by atoms with Gasteiger partial charge in [0.1, 0.15) is 0 Å². The van der Waals surface area contributed by atoms with Crippen LogP contribution < -0.4 is 5.32 Å². The van der Waals surface area contributed by atoms with Crippen LogP contribution in [0.3, 0.4) is 0 Å². The van der Waals surface area contributed by atoms with Crippen LogP contribution in [0.4, 0.5) is 0 Å². The molecule has 3 heteroatoms. The van der Waals surface area contributed by atoms with Crippen molar-refractivity contribution >= 4 is 0 Å². The normalized spacial score (nSPS) is 35.2. The van der Waals surface area contributed by atoms with Gasteiger partial charge in [0.05, 0.1) is 0 Å². The average molecular weight is 253 g/mol. The number of likely N-dealkylation sites (N-methyl/N-ethyl adjacent to an activating group) is 1. The number of nitrogens with zero attached hydrogens (tertiary/aromatic N) is 2. The minimum Gasteiger partial charge on any atom is -0.316 e. The van der Waals surface area contributed by atoms with Gasteiger partial charge in [-0.3, -0.25) is 4.90 Å². The molecule has 0 saturated carbocycles. The SMILES string of the molecule is CCCC1(CN2CCN(C)C(CC)C2)CCNC1. The third-order valence-corrected chi connectivity index (χ3v) is 5.00. The fourth-order valence-electron chi connectivity index (χ4n) is 3.82. The highest BCUT2D eigenvalue weighted by Crippen LogP contribution is 2.32. The molecular weight excluding hydrogens is 222 g/mol. The number of hydrogen-bond donors (Lipinski definition) is 1. The van der Waals surface area contributed by atoms with Gasteiger partial charge in [0.25, 0.3) is 0 Å². The molecule has 2 saturated heterocycles. The molecule has 3 nitrogen and oxygen atoms in total. The molecule has 106 valence electrons. The van der Waals surface area contributed by atoms with Crippen LogP contribution in [0.25, 0.3) is 0 Å². The lowest BCUT2D eigenvalue weighted by molar-refractivity contribution is 0.0584. The molecule has 0 aromatic carbocycles. The van der Waals surface area contributed by atoms with E-state index < -0.39 is 0 Å². The van der Waals surface area contributed by atoms with Gasteiger partial charge in [-0.2, -0.15) is 0 Å². The van der Waals surface area contributed by atoms with Gasteiger partial charge in [-0.05, 0) is 38.3 Å². The second-order valence-electron chi connectivity index (χ2n) is 6.45. The highest BCUT2D eigenvalue weighted by Gasteiger charge is 2.36. The minimum absolute atomic E-state index is 0.572. The third kappa shape index (κ3) is 3.25. The lowest BCUT2D eigenvalue weighted by Gasteiger charge is -2.43. The zero-order valence-electron chi connectivity index (χ0n) is 12.5. The van der Waals surface area contributed by atoms with E-state index in [-0.39, 0.29) is 0 Å². The lowest BCUT2D eigenvalue weighted by atomic mass is 9.81. The van der Waals surface area contributed by atoms with E-state index in [0.29, 0.717) is 5.41 Å². The lowest BCUT2D eigenvalue weighted by Crippen LogP contribution is -2.54. The molecule has 2 aliphatic heterocycles. The van der Waals surface area contributed by atoms with Crippen LogP contribution in [0.15, 0.2) is 0 Å². The van der Waals surface area contributed by atoms with Gasteiger partial charge in [-0.25, -0.2) is 0 Å². The van der Waals surface area contributed by atoms with Crippen LogP contribution in [0.2, 0.25) is 0 Å². The van der Waals surface area contributed by atoms with Crippen molar-refractivity contribution in [1.29, 1.82) is 0 Å². The average Bonchev–Trinajstić information content (AvgIpc) is 2.81. The van der Waals surface area contributed by atoms with Crippen LogP contribution in [0.5, 0.6) is 0 Å². The van der Waals surface area contributed by atoms with Crippen molar-refractivity contribution in [3.05, 3.63) is 0 Å². The molecule has 0 aliphatic carbocycles. The Bertz CT molecular complexity index is 248. The zero-order valence-corrected chi connectivity index (χ0v) is 12.5. The van der Waals surface area contributed by atoms with Crippen LogP contribution in [-0.2, 0) is 0 Å². The Hall–Kier alpha value is -0.120. The summed E-state index contributed by atoms with van der Waals surface area (Å²) >= 11 is 0. The number of piperazine rings is 1. The first-order valence-electron chi connectivity index (χ1n) is 7.82. The van der Waals surface area contributed by atoms with Crippen molar-refractivity contribution in [3.63, 3.8) is 0 Å². The second kappa shape index (κ2) is 6.36. The van der Waals surface area contributed by atoms with Gasteiger partial charge in [0, 0.05) is 38.8 Å². The van der Waals surface area contributed by atoms with E-state index in [1.807, 2.05) is 0 Å². The molecule has 2 heterocycles. The summed E-state index contributed by atoms with van der Waals surface area (Å²) < 4.78 is 0. The maximum Gasteiger partial charge on any atom is 0.0218 e. The molecule has 2 atom stereocenters. The van der Waals surface area contributed by atoms with Crippen molar-refractivity contribution in [2.75, 3.05) is 46.3 Å². The summed E-state index contributed by atoms with van der Waals surface area (Å²) in [5.41, 5.74) is 0.572. The largest absolute Gasteiger partial charge is 0.316 e. The van der Waals surface area contributed by atoms with Gasteiger partial charge in [0.15, 0.2) is 0 Å². The number of hydrogen-bond acceptors (Lipinski definition) is 3. The van der Waals surface area contributed by atoms with Crippen LogP contribution in [-0.4, -0.2) is 62.2 Å².